The van der Waals surface area contributed by atoms with Crippen LogP contribution in [0.3, 0.4) is 0 Å². The average Bonchev–Trinajstić information content (AvgIpc) is 2.48. The van der Waals surface area contributed by atoms with Gasteiger partial charge in [0.05, 0.1) is 29.6 Å². The minimum Gasteiger partial charge on any atom is -0.496 e. The molecule has 0 atom stereocenters. The van der Waals surface area contributed by atoms with Gasteiger partial charge < -0.3 is 4.74 Å². The summed E-state index contributed by atoms with van der Waals surface area (Å²) in [4.78, 5) is 0. The van der Waals surface area contributed by atoms with E-state index >= 15 is 0 Å². The number of benzene rings is 2. The molecule has 0 unspecified atom stereocenters. The molecule has 0 aromatic heterocycles. The van der Waals surface area contributed by atoms with E-state index in [4.69, 9.17) is 16.3 Å². The summed E-state index contributed by atoms with van der Waals surface area (Å²) in [6.45, 7) is 0. The molecule has 2 aromatic rings. The van der Waals surface area contributed by atoms with Crippen LogP contribution < -0.4 is 10.2 Å². The quantitative estimate of drug-likeness (QED) is 0.530. The summed E-state index contributed by atoms with van der Waals surface area (Å²) >= 11 is 9.20. The third-order valence-electron chi connectivity index (χ3n) is 2.87. The third-order valence-corrected chi connectivity index (χ3v) is 3.70. The number of alkyl halides is 3. The molecule has 122 valence electrons. The number of halogens is 5. The predicted molar refractivity (Wildman–Crippen MR) is 88.4 cm³/mol. The molecular formula is C15H11BrClF3N2O. The van der Waals surface area contributed by atoms with E-state index in [1.165, 1.54) is 19.4 Å². The Morgan fingerprint density at radius 1 is 1.22 bits per heavy atom. The van der Waals surface area contributed by atoms with E-state index in [1.807, 2.05) is 0 Å². The second-order valence-electron chi connectivity index (χ2n) is 4.45. The van der Waals surface area contributed by atoms with Crippen molar-refractivity contribution in [3.8, 4) is 5.75 Å². The van der Waals surface area contributed by atoms with Gasteiger partial charge in [-0.3, -0.25) is 5.43 Å². The molecule has 0 aliphatic heterocycles. The van der Waals surface area contributed by atoms with Crippen molar-refractivity contribution in [3.63, 3.8) is 0 Å². The highest BCUT2D eigenvalue weighted by atomic mass is 79.9. The van der Waals surface area contributed by atoms with Crippen LogP contribution in [0.1, 0.15) is 11.1 Å². The first-order chi connectivity index (χ1) is 10.8. The summed E-state index contributed by atoms with van der Waals surface area (Å²) in [5.74, 6) is 0.578. The van der Waals surface area contributed by atoms with Gasteiger partial charge in [-0.05, 0) is 36.4 Å². The van der Waals surface area contributed by atoms with E-state index in [0.29, 0.717) is 11.3 Å². The number of methoxy groups -OCH3 is 1. The topological polar surface area (TPSA) is 33.6 Å². The Bertz CT molecular complexity index is 735. The Labute approximate surface area is 144 Å². The molecule has 0 amide bonds. The summed E-state index contributed by atoms with van der Waals surface area (Å²) in [6, 6.07) is 8.28. The third kappa shape index (κ3) is 4.62. The summed E-state index contributed by atoms with van der Waals surface area (Å²) < 4.78 is 44.1. The number of anilines is 1. The smallest absolute Gasteiger partial charge is 0.416 e. The van der Waals surface area contributed by atoms with Crippen molar-refractivity contribution in [1.82, 2.24) is 0 Å². The van der Waals surface area contributed by atoms with Crippen LogP contribution in [0, 0.1) is 0 Å². The fourth-order valence-corrected chi connectivity index (χ4v) is 2.30. The highest BCUT2D eigenvalue weighted by molar-refractivity contribution is 9.10. The Hall–Kier alpha value is -1.73. The first-order valence-electron chi connectivity index (χ1n) is 6.30. The van der Waals surface area contributed by atoms with Gasteiger partial charge in [0.1, 0.15) is 5.75 Å². The Kier molecular flexibility index (Phi) is 5.54. The van der Waals surface area contributed by atoms with Crippen LogP contribution in [0.5, 0.6) is 5.75 Å². The average molecular weight is 408 g/mol. The van der Waals surface area contributed by atoms with E-state index in [2.05, 4.69) is 26.5 Å². The summed E-state index contributed by atoms with van der Waals surface area (Å²) in [7, 11) is 1.51. The van der Waals surface area contributed by atoms with Gasteiger partial charge in [-0.2, -0.15) is 18.3 Å². The molecule has 1 N–H and O–H groups in total. The van der Waals surface area contributed by atoms with Crippen LogP contribution in [-0.4, -0.2) is 13.3 Å². The molecule has 8 heteroatoms. The molecule has 0 saturated heterocycles. The fourth-order valence-electron chi connectivity index (χ4n) is 1.76. The van der Waals surface area contributed by atoms with Crippen molar-refractivity contribution in [3.05, 3.63) is 57.0 Å². The summed E-state index contributed by atoms with van der Waals surface area (Å²) in [5.41, 5.74) is 2.42. The van der Waals surface area contributed by atoms with Gasteiger partial charge >= 0.3 is 6.18 Å². The molecular weight excluding hydrogens is 397 g/mol. The first-order valence-corrected chi connectivity index (χ1v) is 7.47. The highest BCUT2D eigenvalue weighted by Crippen LogP contribution is 2.33. The van der Waals surface area contributed by atoms with Gasteiger partial charge in [-0.25, -0.2) is 0 Å². The number of nitrogens with zero attached hydrogens (tertiary/aromatic N) is 1. The monoisotopic (exact) mass is 406 g/mol. The zero-order chi connectivity index (χ0) is 17.0. The molecule has 0 saturated carbocycles. The number of hydrogen-bond donors (Lipinski definition) is 1. The lowest BCUT2D eigenvalue weighted by Crippen LogP contribution is -2.05. The second kappa shape index (κ2) is 7.23. The lowest BCUT2D eigenvalue weighted by Gasteiger charge is -2.10. The van der Waals surface area contributed by atoms with Gasteiger partial charge in [0.15, 0.2) is 0 Å². The van der Waals surface area contributed by atoms with E-state index in [1.54, 1.807) is 18.2 Å². The molecule has 2 rings (SSSR count). The molecule has 0 spiro atoms. The molecule has 0 aliphatic carbocycles. The van der Waals surface area contributed by atoms with Crippen LogP contribution in [0.15, 0.2) is 46.0 Å². The van der Waals surface area contributed by atoms with Gasteiger partial charge in [-0.15, -0.1) is 0 Å². The molecule has 0 bridgehead atoms. The van der Waals surface area contributed by atoms with E-state index in [9.17, 15) is 13.2 Å². The van der Waals surface area contributed by atoms with Gasteiger partial charge in [0.25, 0.3) is 0 Å². The van der Waals surface area contributed by atoms with Crippen molar-refractivity contribution in [1.29, 1.82) is 0 Å². The number of nitrogens with one attached hydrogen (secondary N) is 1. The van der Waals surface area contributed by atoms with Crippen molar-refractivity contribution in [2.24, 2.45) is 5.10 Å². The predicted octanol–water partition coefficient (Wildman–Crippen LogP) is 5.58. The second-order valence-corrected chi connectivity index (χ2v) is 5.77. The molecule has 23 heavy (non-hydrogen) atoms. The van der Waals surface area contributed by atoms with Gasteiger partial charge in [-0.1, -0.05) is 27.5 Å². The zero-order valence-electron chi connectivity index (χ0n) is 11.8. The van der Waals surface area contributed by atoms with Crippen LogP contribution >= 0.6 is 27.5 Å². The molecule has 0 fully saturated rings. The zero-order valence-corrected chi connectivity index (χ0v) is 14.1. The fraction of sp³-hybridized carbons (Fsp3) is 0.133. The van der Waals surface area contributed by atoms with Crippen molar-refractivity contribution < 1.29 is 17.9 Å². The molecule has 3 nitrogen and oxygen atoms in total. The molecule has 2 aromatic carbocycles. The maximum Gasteiger partial charge on any atom is 0.416 e. The van der Waals surface area contributed by atoms with Crippen LogP contribution in [0.25, 0.3) is 0 Å². The minimum atomic E-state index is -4.45. The Balaban J connectivity index is 2.22. The number of hydrogen-bond acceptors (Lipinski definition) is 3. The summed E-state index contributed by atoms with van der Waals surface area (Å²) in [5, 5.41) is 4.05. The normalized spacial score (nSPS) is 11.7. The standard InChI is InChI=1S/C15H11BrClF3N2O/c1-23-14-5-3-11(16)6-9(14)8-21-22-13-7-10(15(18,19)20)2-4-12(13)17/h2-8,22H,1H3. The SMILES string of the molecule is COc1ccc(Br)cc1C=NNc1cc(C(F)(F)F)ccc1Cl. The maximum atomic E-state index is 12.7. The van der Waals surface area contributed by atoms with Crippen molar-refractivity contribution >= 4 is 39.4 Å². The Morgan fingerprint density at radius 2 is 1.96 bits per heavy atom. The van der Waals surface area contributed by atoms with Crippen molar-refractivity contribution in [2.45, 2.75) is 6.18 Å². The molecule has 0 aliphatic rings. The van der Waals surface area contributed by atoms with Gasteiger partial charge in [0, 0.05) is 10.0 Å². The largest absolute Gasteiger partial charge is 0.496 e. The molecule has 0 heterocycles. The minimum absolute atomic E-state index is 0.0618. The molecule has 0 radical (unpaired) electrons. The Morgan fingerprint density at radius 3 is 2.61 bits per heavy atom. The van der Waals surface area contributed by atoms with Crippen molar-refractivity contribution in [2.75, 3.05) is 12.5 Å². The lowest BCUT2D eigenvalue weighted by atomic mass is 10.2. The van der Waals surface area contributed by atoms with Gasteiger partial charge in [0.2, 0.25) is 0 Å². The van der Waals surface area contributed by atoms with E-state index < -0.39 is 11.7 Å². The summed E-state index contributed by atoms with van der Waals surface area (Å²) in [6.07, 6.45) is -3.02. The maximum absolute atomic E-state index is 12.7. The van der Waals surface area contributed by atoms with Crippen LogP contribution in [-0.2, 0) is 6.18 Å². The van der Waals surface area contributed by atoms with E-state index in [-0.39, 0.29) is 10.7 Å². The number of rotatable bonds is 4. The number of hydrazone groups is 1. The van der Waals surface area contributed by atoms with Crippen LogP contribution in [0.4, 0.5) is 18.9 Å². The first kappa shape index (κ1) is 17.6. The van der Waals surface area contributed by atoms with E-state index in [0.717, 1.165) is 16.6 Å². The lowest BCUT2D eigenvalue weighted by molar-refractivity contribution is -0.137. The highest BCUT2D eigenvalue weighted by Gasteiger charge is 2.30. The number of ether oxygens (including phenoxy) is 1. The van der Waals surface area contributed by atoms with Crippen LogP contribution in [0.2, 0.25) is 5.02 Å².